The third-order valence-electron chi connectivity index (χ3n) is 6.22. The van der Waals surface area contributed by atoms with E-state index in [1.807, 2.05) is 36.4 Å². The van der Waals surface area contributed by atoms with Crippen LogP contribution >= 0.6 is 0 Å². The van der Waals surface area contributed by atoms with Crippen LogP contribution in [0.5, 0.6) is 11.5 Å². The van der Waals surface area contributed by atoms with Crippen molar-refractivity contribution in [1.29, 1.82) is 0 Å². The fraction of sp³-hybridized carbons (Fsp3) is 0.424. The van der Waals surface area contributed by atoms with E-state index >= 15 is 0 Å². The van der Waals surface area contributed by atoms with E-state index in [4.69, 9.17) is 14.2 Å². The summed E-state index contributed by atoms with van der Waals surface area (Å²) in [4.78, 5) is 11.7. The number of carbonyl (C=O) groups excluding carboxylic acids is 1. The minimum absolute atomic E-state index is 0.337. The average Bonchev–Trinajstić information content (AvgIpc) is 2.91. The van der Waals surface area contributed by atoms with Gasteiger partial charge in [-0.15, -0.1) is 0 Å². The number of ether oxygens (including phenoxy) is 3. The van der Waals surface area contributed by atoms with Crippen molar-refractivity contribution in [1.82, 2.24) is 0 Å². The molecular weight excluding hydrogens is 460 g/mol. The molecule has 4 heteroatoms. The minimum Gasteiger partial charge on any atom is -0.494 e. The van der Waals surface area contributed by atoms with E-state index in [2.05, 4.69) is 43.0 Å². The lowest BCUT2D eigenvalue weighted by atomic mass is 10.1. The first-order chi connectivity index (χ1) is 18.1. The van der Waals surface area contributed by atoms with Gasteiger partial charge in [0.2, 0.25) is 0 Å². The van der Waals surface area contributed by atoms with Gasteiger partial charge in [0.25, 0.3) is 0 Å². The smallest absolute Gasteiger partial charge is 0.347 e. The molecule has 196 valence electrons. The van der Waals surface area contributed by atoms with E-state index in [0.717, 1.165) is 40.7 Å². The number of carbonyl (C=O) groups is 1. The molecule has 0 spiro atoms. The highest BCUT2D eigenvalue weighted by Crippen LogP contribution is 2.22. The molecule has 0 aliphatic carbocycles. The lowest BCUT2D eigenvalue weighted by molar-refractivity contribution is -0.150. The first-order valence-electron chi connectivity index (χ1n) is 13.7. The molecule has 0 saturated heterocycles. The number of hydrogen-bond donors (Lipinski definition) is 0. The minimum atomic E-state index is -0.648. The fourth-order valence-electron chi connectivity index (χ4n) is 4.09. The SMILES string of the molecule is CCCCCCCCCCOc1ccc2cc(C#Cc3ccc(O[C@@H](C)C(=O)OCC)cc3)ccc2c1. The van der Waals surface area contributed by atoms with Crippen LogP contribution in [0.4, 0.5) is 0 Å². The number of unbranched alkanes of at least 4 members (excludes halogenated alkanes) is 7. The highest BCUT2D eigenvalue weighted by molar-refractivity contribution is 5.85. The van der Waals surface area contributed by atoms with E-state index in [1.165, 1.54) is 44.9 Å². The number of benzene rings is 3. The second-order valence-electron chi connectivity index (χ2n) is 9.33. The topological polar surface area (TPSA) is 44.8 Å². The summed E-state index contributed by atoms with van der Waals surface area (Å²) in [6.07, 6.45) is 9.76. The molecule has 0 radical (unpaired) electrons. The van der Waals surface area contributed by atoms with Gasteiger partial charge in [-0.05, 0) is 79.6 Å². The summed E-state index contributed by atoms with van der Waals surface area (Å²) < 4.78 is 16.6. The van der Waals surface area contributed by atoms with Crippen LogP contribution < -0.4 is 9.47 Å². The maximum absolute atomic E-state index is 11.7. The summed E-state index contributed by atoms with van der Waals surface area (Å²) >= 11 is 0. The maximum atomic E-state index is 11.7. The van der Waals surface area contributed by atoms with Crippen molar-refractivity contribution < 1.29 is 19.0 Å². The summed E-state index contributed by atoms with van der Waals surface area (Å²) in [5, 5.41) is 2.29. The van der Waals surface area contributed by atoms with Gasteiger partial charge in [0, 0.05) is 11.1 Å². The Hall–Kier alpha value is -3.45. The van der Waals surface area contributed by atoms with Crippen molar-refractivity contribution in [3.63, 3.8) is 0 Å². The van der Waals surface area contributed by atoms with Crippen LogP contribution in [-0.4, -0.2) is 25.3 Å². The predicted octanol–water partition coefficient (Wildman–Crippen LogP) is 8.09. The highest BCUT2D eigenvalue weighted by atomic mass is 16.6. The van der Waals surface area contributed by atoms with E-state index in [-0.39, 0.29) is 5.97 Å². The zero-order valence-corrected chi connectivity index (χ0v) is 22.6. The Morgan fingerprint density at radius 2 is 1.32 bits per heavy atom. The highest BCUT2D eigenvalue weighted by Gasteiger charge is 2.15. The number of hydrogen-bond acceptors (Lipinski definition) is 4. The van der Waals surface area contributed by atoms with Crippen molar-refractivity contribution in [3.8, 4) is 23.3 Å². The average molecular weight is 501 g/mol. The molecule has 4 nitrogen and oxygen atoms in total. The van der Waals surface area contributed by atoms with Crippen LogP contribution in [0.15, 0.2) is 60.7 Å². The Labute approximate surface area is 222 Å². The largest absolute Gasteiger partial charge is 0.494 e. The van der Waals surface area contributed by atoms with Crippen molar-refractivity contribution in [2.75, 3.05) is 13.2 Å². The van der Waals surface area contributed by atoms with E-state index in [1.54, 1.807) is 13.8 Å². The molecule has 0 bridgehead atoms. The molecule has 3 aromatic rings. The van der Waals surface area contributed by atoms with Crippen molar-refractivity contribution in [2.24, 2.45) is 0 Å². The quantitative estimate of drug-likeness (QED) is 0.127. The van der Waals surface area contributed by atoms with E-state index < -0.39 is 6.10 Å². The van der Waals surface area contributed by atoms with Crippen LogP contribution in [0.2, 0.25) is 0 Å². The van der Waals surface area contributed by atoms with Gasteiger partial charge in [-0.25, -0.2) is 4.79 Å². The van der Waals surface area contributed by atoms with Crippen molar-refractivity contribution in [2.45, 2.75) is 78.2 Å². The number of rotatable bonds is 14. The molecule has 1 atom stereocenters. The molecule has 37 heavy (non-hydrogen) atoms. The number of fused-ring (bicyclic) bond motifs is 1. The molecule has 0 N–H and O–H groups in total. The molecule has 0 amide bonds. The molecule has 0 heterocycles. The normalized spacial score (nSPS) is 11.4. The van der Waals surface area contributed by atoms with Gasteiger partial charge in [0.15, 0.2) is 6.10 Å². The Balaban J connectivity index is 1.48. The molecule has 0 aromatic heterocycles. The van der Waals surface area contributed by atoms with Crippen LogP contribution in [0, 0.1) is 11.8 Å². The van der Waals surface area contributed by atoms with E-state index in [0.29, 0.717) is 12.4 Å². The van der Waals surface area contributed by atoms with Gasteiger partial charge in [0.1, 0.15) is 11.5 Å². The van der Waals surface area contributed by atoms with Crippen LogP contribution in [0.1, 0.15) is 83.3 Å². The van der Waals surface area contributed by atoms with Gasteiger partial charge in [-0.3, -0.25) is 0 Å². The summed E-state index contributed by atoms with van der Waals surface area (Å²) in [5.41, 5.74) is 1.83. The zero-order valence-electron chi connectivity index (χ0n) is 22.6. The Kier molecular flexibility index (Phi) is 11.9. The lowest BCUT2D eigenvalue weighted by Crippen LogP contribution is -2.25. The Bertz CT molecular complexity index is 1170. The first kappa shape index (κ1) is 28.1. The Morgan fingerprint density at radius 1 is 0.730 bits per heavy atom. The van der Waals surface area contributed by atoms with Crippen LogP contribution in [-0.2, 0) is 9.53 Å². The summed E-state index contributed by atoms with van der Waals surface area (Å²) in [5.74, 6) is 7.60. The molecular formula is C33H40O4. The molecule has 0 saturated carbocycles. The number of esters is 1. The van der Waals surface area contributed by atoms with Gasteiger partial charge in [0.05, 0.1) is 13.2 Å². The monoisotopic (exact) mass is 500 g/mol. The second-order valence-corrected chi connectivity index (χ2v) is 9.33. The van der Waals surface area contributed by atoms with Gasteiger partial charge >= 0.3 is 5.97 Å². The van der Waals surface area contributed by atoms with Crippen molar-refractivity contribution >= 4 is 16.7 Å². The van der Waals surface area contributed by atoms with Gasteiger partial charge in [-0.1, -0.05) is 75.8 Å². The third-order valence-corrected chi connectivity index (χ3v) is 6.22. The van der Waals surface area contributed by atoms with Crippen LogP contribution in [0.3, 0.4) is 0 Å². The second kappa shape index (κ2) is 15.6. The molecule has 0 fully saturated rings. The summed E-state index contributed by atoms with van der Waals surface area (Å²) in [7, 11) is 0. The van der Waals surface area contributed by atoms with Gasteiger partial charge < -0.3 is 14.2 Å². The molecule has 3 rings (SSSR count). The zero-order chi connectivity index (χ0) is 26.3. The molecule has 0 aliphatic rings. The standard InChI is InChI=1S/C33H40O4/c1-4-6-7-8-9-10-11-12-23-36-32-22-19-29-24-28(15-18-30(29)25-32)14-13-27-16-20-31(21-17-27)37-26(3)33(34)35-5-2/h15-22,24-26H,4-12,23H2,1-3H3/t26-/m0/s1. The fourth-order valence-corrected chi connectivity index (χ4v) is 4.09. The van der Waals surface area contributed by atoms with Gasteiger partial charge in [-0.2, -0.15) is 0 Å². The summed E-state index contributed by atoms with van der Waals surface area (Å²) in [6.45, 7) is 6.82. The summed E-state index contributed by atoms with van der Waals surface area (Å²) in [6, 6.07) is 19.9. The molecule has 3 aromatic carbocycles. The Morgan fingerprint density at radius 3 is 2.05 bits per heavy atom. The maximum Gasteiger partial charge on any atom is 0.347 e. The molecule has 0 unspecified atom stereocenters. The predicted molar refractivity (Wildman–Crippen MR) is 151 cm³/mol. The van der Waals surface area contributed by atoms with E-state index in [9.17, 15) is 4.79 Å². The first-order valence-corrected chi connectivity index (χ1v) is 13.7. The third kappa shape index (κ3) is 9.84. The van der Waals surface area contributed by atoms with Crippen molar-refractivity contribution in [3.05, 3.63) is 71.8 Å². The molecule has 0 aliphatic heterocycles. The van der Waals surface area contributed by atoms with Crippen LogP contribution in [0.25, 0.3) is 10.8 Å². The lowest BCUT2D eigenvalue weighted by Gasteiger charge is -2.13.